The molecule has 1 amide bonds. The van der Waals surface area contributed by atoms with Crippen molar-refractivity contribution in [3.8, 4) is 11.3 Å². The number of halogens is 1. The number of carbonyl (C=O) groups excluding carboxylic acids is 1. The van der Waals surface area contributed by atoms with Gasteiger partial charge in [0.05, 0.1) is 5.69 Å². The van der Waals surface area contributed by atoms with Crippen LogP contribution < -0.4 is 11.1 Å². The van der Waals surface area contributed by atoms with Gasteiger partial charge in [-0.1, -0.05) is 6.07 Å². The van der Waals surface area contributed by atoms with Gasteiger partial charge < -0.3 is 11.1 Å². The number of amides is 1. The predicted molar refractivity (Wildman–Crippen MR) is 90.8 cm³/mol. The highest BCUT2D eigenvalue weighted by Gasteiger charge is 2.05. The summed E-state index contributed by atoms with van der Waals surface area (Å²) in [5, 5.41) is 3.06. The van der Waals surface area contributed by atoms with E-state index in [4.69, 9.17) is 5.73 Å². The minimum absolute atomic E-state index is 0. The van der Waals surface area contributed by atoms with Gasteiger partial charge in [0.15, 0.2) is 0 Å². The highest BCUT2D eigenvalue weighted by Crippen LogP contribution is 2.19. The summed E-state index contributed by atoms with van der Waals surface area (Å²) in [4.78, 5) is 23.9. The minimum atomic E-state index is -0.478. The Morgan fingerprint density at radius 3 is 2.70 bits per heavy atom. The largest absolute Gasteiger partial charge is 0.366 e. The molecule has 0 spiro atoms. The third kappa shape index (κ3) is 4.02. The molecule has 0 unspecified atom stereocenters. The van der Waals surface area contributed by atoms with E-state index < -0.39 is 5.91 Å². The van der Waals surface area contributed by atoms with Crippen LogP contribution in [0.3, 0.4) is 0 Å². The van der Waals surface area contributed by atoms with Crippen molar-refractivity contribution in [2.24, 2.45) is 5.73 Å². The lowest BCUT2D eigenvalue weighted by Gasteiger charge is -2.07. The van der Waals surface area contributed by atoms with Gasteiger partial charge in [-0.3, -0.25) is 9.78 Å². The summed E-state index contributed by atoms with van der Waals surface area (Å²) < 4.78 is 0. The second-order valence-corrected chi connectivity index (χ2v) is 4.58. The first-order chi connectivity index (χ1) is 10.7. The average Bonchev–Trinajstić information content (AvgIpc) is 2.56. The molecule has 116 valence electrons. The van der Waals surface area contributed by atoms with E-state index in [1.54, 1.807) is 36.8 Å². The maximum absolute atomic E-state index is 11.2. The van der Waals surface area contributed by atoms with Gasteiger partial charge in [0, 0.05) is 35.4 Å². The van der Waals surface area contributed by atoms with Crippen molar-refractivity contribution >= 4 is 29.9 Å². The number of rotatable bonds is 4. The molecule has 3 aromatic rings. The van der Waals surface area contributed by atoms with Gasteiger partial charge in [-0.15, -0.1) is 12.4 Å². The van der Waals surface area contributed by atoms with E-state index in [1.165, 1.54) is 0 Å². The quantitative estimate of drug-likeness (QED) is 0.768. The Morgan fingerprint density at radius 2 is 1.96 bits per heavy atom. The molecule has 2 aromatic heterocycles. The lowest BCUT2D eigenvalue weighted by atomic mass is 10.2. The van der Waals surface area contributed by atoms with Crippen molar-refractivity contribution in [2.75, 3.05) is 5.32 Å². The van der Waals surface area contributed by atoms with Crippen LogP contribution in [0.2, 0.25) is 0 Å². The third-order valence-corrected chi connectivity index (χ3v) is 3.02. The van der Waals surface area contributed by atoms with E-state index in [-0.39, 0.29) is 12.4 Å². The molecule has 3 rings (SSSR count). The monoisotopic (exact) mass is 327 g/mol. The summed E-state index contributed by atoms with van der Waals surface area (Å²) in [6, 6.07) is 12.4. The summed E-state index contributed by atoms with van der Waals surface area (Å²) in [5.41, 5.74) is 8.05. The van der Waals surface area contributed by atoms with E-state index in [1.807, 2.05) is 24.3 Å². The van der Waals surface area contributed by atoms with Gasteiger partial charge >= 0.3 is 0 Å². The number of nitrogens with zero attached hydrogens (tertiary/aromatic N) is 3. The number of anilines is 2. The Hall–Kier alpha value is -2.99. The smallest absolute Gasteiger partial charge is 0.248 e. The molecule has 0 aliphatic rings. The normalized spacial score (nSPS) is 9.74. The lowest BCUT2D eigenvalue weighted by Crippen LogP contribution is -2.11. The van der Waals surface area contributed by atoms with Crippen molar-refractivity contribution < 1.29 is 4.79 Å². The fourth-order valence-corrected chi connectivity index (χ4v) is 1.97. The Bertz CT molecular complexity index is 810. The summed E-state index contributed by atoms with van der Waals surface area (Å²) >= 11 is 0. The molecule has 6 nitrogen and oxygen atoms in total. The number of hydrogen-bond acceptors (Lipinski definition) is 5. The molecular formula is C16H14ClN5O. The highest BCUT2D eigenvalue weighted by atomic mass is 35.5. The molecule has 2 heterocycles. The molecule has 3 N–H and O–H groups in total. The fourth-order valence-electron chi connectivity index (χ4n) is 1.97. The van der Waals surface area contributed by atoms with Crippen LogP contribution in [0.4, 0.5) is 11.6 Å². The summed E-state index contributed by atoms with van der Waals surface area (Å²) in [6.45, 7) is 0. The van der Waals surface area contributed by atoms with Crippen LogP contribution in [0.15, 0.2) is 61.1 Å². The van der Waals surface area contributed by atoms with Crippen LogP contribution >= 0.6 is 12.4 Å². The number of nitrogens with one attached hydrogen (secondary N) is 1. The lowest BCUT2D eigenvalue weighted by molar-refractivity contribution is 0.100. The molecule has 0 saturated heterocycles. The van der Waals surface area contributed by atoms with Crippen LogP contribution in [0, 0.1) is 0 Å². The Kier molecular flexibility index (Phi) is 5.22. The molecule has 0 saturated carbocycles. The second kappa shape index (κ2) is 7.33. The molecule has 0 aliphatic heterocycles. The van der Waals surface area contributed by atoms with Crippen molar-refractivity contribution in [1.29, 1.82) is 0 Å². The van der Waals surface area contributed by atoms with Gasteiger partial charge in [-0.25, -0.2) is 9.97 Å². The van der Waals surface area contributed by atoms with E-state index >= 15 is 0 Å². The molecule has 1 aromatic carbocycles. The number of primary amides is 1. The third-order valence-electron chi connectivity index (χ3n) is 3.02. The van der Waals surface area contributed by atoms with Gasteiger partial charge in [0.1, 0.15) is 0 Å². The molecule has 0 fully saturated rings. The van der Waals surface area contributed by atoms with E-state index in [2.05, 4.69) is 20.3 Å². The maximum atomic E-state index is 11.2. The number of aromatic nitrogens is 3. The first-order valence-corrected chi connectivity index (χ1v) is 6.63. The SMILES string of the molecule is Cl.NC(=O)c1cccc(Nc2nccc(-c3cccnc3)n2)c1. The first-order valence-electron chi connectivity index (χ1n) is 6.63. The fraction of sp³-hybridized carbons (Fsp3) is 0. The summed E-state index contributed by atoms with van der Waals surface area (Å²) in [6.07, 6.45) is 5.11. The van der Waals surface area contributed by atoms with Crippen LogP contribution in [0.25, 0.3) is 11.3 Å². The van der Waals surface area contributed by atoms with Crippen molar-refractivity contribution in [3.63, 3.8) is 0 Å². The van der Waals surface area contributed by atoms with Crippen LogP contribution in [0.1, 0.15) is 10.4 Å². The standard InChI is InChI=1S/C16H13N5O.ClH/c17-15(22)11-3-1-5-13(9-11)20-16-19-8-6-14(21-16)12-4-2-7-18-10-12;/h1-10H,(H2,17,22)(H,19,20,21);1H. The Labute approximate surface area is 139 Å². The number of nitrogens with two attached hydrogens (primary N) is 1. The topological polar surface area (TPSA) is 93.8 Å². The number of hydrogen-bond donors (Lipinski definition) is 2. The average molecular weight is 328 g/mol. The van der Waals surface area contributed by atoms with Crippen molar-refractivity contribution in [2.45, 2.75) is 0 Å². The zero-order valence-corrected chi connectivity index (χ0v) is 12.8. The summed E-state index contributed by atoms with van der Waals surface area (Å²) in [7, 11) is 0. The van der Waals surface area contributed by atoms with Gasteiger partial charge in [-0.05, 0) is 36.4 Å². The van der Waals surface area contributed by atoms with Crippen LogP contribution in [0.5, 0.6) is 0 Å². The highest BCUT2D eigenvalue weighted by molar-refractivity contribution is 5.93. The molecular weight excluding hydrogens is 314 g/mol. The molecule has 7 heteroatoms. The van der Waals surface area contributed by atoms with Gasteiger partial charge in [-0.2, -0.15) is 0 Å². The Balaban J connectivity index is 0.00000192. The molecule has 0 atom stereocenters. The van der Waals surface area contributed by atoms with E-state index in [0.29, 0.717) is 17.2 Å². The van der Waals surface area contributed by atoms with Gasteiger partial charge in [0.25, 0.3) is 0 Å². The zero-order valence-electron chi connectivity index (χ0n) is 12.0. The van der Waals surface area contributed by atoms with Crippen molar-refractivity contribution in [1.82, 2.24) is 15.0 Å². The van der Waals surface area contributed by atoms with Crippen molar-refractivity contribution in [3.05, 3.63) is 66.6 Å². The molecule has 23 heavy (non-hydrogen) atoms. The summed E-state index contributed by atoms with van der Waals surface area (Å²) in [5.74, 6) is -0.0448. The predicted octanol–water partition coefficient (Wildman–Crippen LogP) is 2.80. The Morgan fingerprint density at radius 1 is 1.09 bits per heavy atom. The number of pyridine rings is 1. The van der Waals surface area contributed by atoms with E-state index in [0.717, 1.165) is 11.3 Å². The van der Waals surface area contributed by atoms with Crippen LogP contribution in [-0.2, 0) is 0 Å². The van der Waals surface area contributed by atoms with E-state index in [9.17, 15) is 4.79 Å². The second-order valence-electron chi connectivity index (χ2n) is 4.58. The minimum Gasteiger partial charge on any atom is -0.366 e. The van der Waals surface area contributed by atoms with Crippen LogP contribution in [-0.4, -0.2) is 20.9 Å². The number of carbonyl (C=O) groups is 1. The molecule has 0 bridgehead atoms. The molecule has 0 radical (unpaired) electrons. The first kappa shape index (κ1) is 16.4. The van der Waals surface area contributed by atoms with Gasteiger partial charge in [0.2, 0.25) is 11.9 Å². The maximum Gasteiger partial charge on any atom is 0.248 e. The number of benzene rings is 1. The zero-order chi connectivity index (χ0) is 15.4. The molecule has 0 aliphatic carbocycles.